The molecule has 8 nitrogen and oxygen atoms in total. The molecule has 0 unspecified atom stereocenters. The Morgan fingerprint density at radius 1 is 1.23 bits per heavy atom. The van der Waals surface area contributed by atoms with E-state index < -0.39 is 6.04 Å². The molecule has 0 radical (unpaired) electrons. The van der Waals surface area contributed by atoms with Crippen molar-refractivity contribution in [3.8, 4) is 0 Å². The fourth-order valence-electron chi connectivity index (χ4n) is 4.45. The molecule has 3 amide bonds. The molecule has 1 N–H and O–H groups in total. The number of thioether (sulfide) groups is 1. The van der Waals surface area contributed by atoms with E-state index in [2.05, 4.69) is 5.32 Å². The molecule has 0 bridgehead atoms. The van der Waals surface area contributed by atoms with Gasteiger partial charge in [-0.3, -0.25) is 14.4 Å². The van der Waals surface area contributed by atoms with Gasteiger partial charge in [0, 0.05) is 30.6 Å². The first-order valence-corrected chi connectivity index (χ1v) is 11.1. The zero-order chi connectivity index (χ0) is 20.9. The number of benzene rings is 1. The van der Waals surface area contributed by atoms with E-state index in [1.54, 1.807) is 27.6 Å². The molecule has 3 aliphatic rings. The van der Waals surface area contributed by atoms with Gasteiger partial charge in [-0.2, -0.15) is 0 Å². The number of fused-ring (bicyclic) bond motifs is 2. The van der Waals surface area contributed by atoms with E-state index in [1.165, 1.54) is 0 Å². The highest BCUT2D eigenvalue weighted by molar-refractivity contribution is 8.01. The van der Waals surface area contributed by atoms with Gasteiger partial charge in [0.05, 0.1) is 18.1 Å². The van der Waals surface area contributed by atoms with E-state index in [1.807, 2.05) is 25.1 Å². The molecule has 3 fully saturated rings. The van der Waals surface area contributed by atoms with Crippen LogP contribution < -0.4 is 5.32 Å². The number of carbonyl (C=O) groups is 3. The number of furan rings is 1. The molecule has 1 aromatic heterocycles. The summed E-state index contributed by atoms with van der Waals surface area (Å²) < 4.78 is 11.2. The Morgan fingerprint density at radius 3 is 2.80 bits per heavy atom. The molecule has 158 valence electrons. The van der Waals surface area contributed by atoms with Crippen molar-refractivity contribution in [2.45, 2.75) is 30.7 Å². The van der Waals surface area contributed by atoms with Gasteiger partial charge in [-0.05, 0) is 25.5 Å². The molecule has 2 atom stereocenters. The molecule has 0 saturated carbocycles. The number of ether oxygens (including phenoxy) is 1. The number of hydrogen-bond donors (Lipinski definition) is 1. The van der Waals surface area contributed by atoms with Crippen molar-refractivity contribution in [1.29, 1.82) is 0 Å². The van der Waals surface area contributed by atoms with E-state index in [4.69, 9.17) is 9.15 Å². The van der Waals surface area contributed by atoms with Crippen molar-refractivity contribution in [2.24, 2.45) is 0 Å². The molecule has 9 heteroatoms. The van der Waals surface area contributed by atoms with Gasteiger partial charge in [0.1, 0.15) is 17.3 Å². The Labute approximate surface area is 177 Å². The lowest BCUT2D eigenvalue weighted by Gasteiger charge is -2.30. The van der Waals surface area contributed by atoms with E-state index in [0.717, 1.165) is 6.42 Å². The van der Waals surface area contributed by atoms with E-state index in [-0.39, 0.29) is 28.4 Å². The standard InChI is InChI=1S/C21H23N3O5S/c1-21-7-6-16(25)24(21)14(12-30-21)19(26)22-17-13-4-2-3-5-15(13)29-18(17)20(27)23-8-10-28-11-9-23/h2-5,14H,6-12H2,1H3,(H,22,26)/t14-,21+/m0/s1. The zero-order valence-corrected chi connectivity index (χ0v) is 17.5. The summed E-state index contributed by atoms with van der Waals surface area (Å²) >= 11 is 1.64. The second kappa shape index (κ2) is 7.31. The average molecular weight is 429 g/mol. The number of nitrogens with one attached hydrogen (secondary N) is 1. The lowest BCUT2D eigenvalue weighted by molar-refractivity contribution is -0.135. The maximum absolute atomic E-state index is 13.2. The third-order valence-electron chi connectivity index (χ3n) is 6.08. The molecule has 5 rings (SSSR count). The summed E-state index contributed by atoms with van der Waals surface area (Å²) in [6, 6.07) is 6.69. The minimum atomic E-state index is -0.560. The molecular weight excluding hydrogens is 406 g/mol. The highest BCUT2D eigenvalue weighted by atomic mass is 32.2. The number of rotatable bonds is 3. The van der Waals surface area contributed by atoms with Crippen LogP contribution in [-0.4, -0.2) is 70.5 Å². The van der Waals surface area contributed by atoms with E-state index in [9.17, 15) is 14.4 Å². The fourth-order valence-corrected chi connectivity index (χ4v) is 5.88. The molecular formula is C21H23N3O5S. The van der Waals surface area contributed by atoms with E-state index in [0.29, 0.717) is 55.1 Å². The van der Waals surface area contributed by atoms with Gasteiger partial charge in [-0.1, -0.05) is 12.1 Å². The van der Waals surface area contributed by atoms with Gasteiger partial charge in [0.2, 0.25) is 17.6 Å². The van der Waals surface area contributed by atoms with Crippen molar-refractivity contribution in [3.63, 3.8) is 0 Å². The second-order valence-corrected chi connectivity index (χ2v) is 9.46. The first kappa shape index (κ1) is 19.4. The van der Waals surface area contributed by atoms with Gasteiger partial charge >= 0.3 is 0 Å². The summed E-state index contributed by atoms with van der Waals surface area (Å²) in [5.74, 6) is 0.102. The molecule has 3 aliphatic heterocycles. The number of para-hydroxylation sites is 1. The Balaban J connectivity index is 1.47. The maximum atomic E-state index is 13.2. The summed E-state index contributed by atoms with van der Waals surface area (Å²) in [5, 5.41) is 3.60. The summed E-state index contributed by atoms with van der Waals surface area (Å²) in [7, 11) is 0. The average Bonchev–Trinajstić information content (AvgIpc) is 3.39. The predicted octanol–water partition coefficient (Wildman–Crippen LogP) is 2.30. The maximum Gasteiger partial charge on any atom is 0.291 e. The third kappa shape index (κ3) is 3.07. The highest BCUT2D eigenvalue weighted by Crippen LogP contribution is 2.47. The predicted molar refractivity (Wildman–Crippen MR) is 112 cm³/mol. The number of carbonyl (C=O) groups excluding carboxylic acids is 3. The minimum absolute atomic E-state index is 0.00400. The van der Waals surface area contributed by atoms with Crippen LogP contribution >= 0.6 is 11.8 Å². The zero-order valence-electron chi connectivity index (χ0n) is 16.7. The smallest absolute Gasteiger partial charge is 0.291 e. The highest BCUT2D eigenvalue weighted by Gasteiger charge is 2.53. The number of amides is 3. The summed E-state index contributed by atoms with van der Waals surface area (Å²) in [5.41, 5.74) is 0.907. The lowest BCUT2D eigenvalue weighted by Crippen LogP contribution is -2.48. The van der Waals surface area contributed by atoms with Gasteiger partial charge in [0.25, 0.3) is 5.91 Å². The van der Waals surface area contributed by atoms with Crippen LogP contribution in [0.5, 0.6) is 0 Å². The van der Waals surface area contributed by atoms with Crippen LogP contribution in [-0.2, 0) is 14.3 Å². The molecule has 4 heterocycles. The van der Waals surface area contributed by atoms with Crippen molar-refractivity contribution >= 4 is 46.1 Å². The number of anilines is 1. The van der Waals surface area contributed by atoms with Crippen LogP contribution in [0, 0.1) is 0 Å². The Kier molecular flexibility index (Phi) is 4.74. The molecule has 30 heavy (non-hydrogen) atoms. The molecule has 1 aromatic carbocycles. The Bertz CT molecular complexity index is 1030. The summed E-state index contributed by atoms with van der Waals surface area (Å²) in [6.45, 7) is 3.91. The second-order valence-electron chi connectivity index (χ2n) is 7.96. The molecule has 3 saturated heterocycles. The number of hydrogen-bond acceptors (Lipinski definition) is 6. The Morgan fingerprint density at radius 2 is 2.00 bits per heavy atom. The fraction of sp³-hybridized carbons (Fsp3) is 0.476. The van der Waals surface area contributed by atoms with Crippen molar-refractivity contribution in [1.82, 2.24) is 9.80 Å². The molecule has 0 spiro atoms. The number of morpholine rings is 1. The van der Waals surface area contributed by atoms with Crippen LogP contribution in [0.4, 0.5) is 5.69 Å². The Hall–Kier alpha value is -2.52. The number of nitrogens with zero attached hydrogens (tertiary/aromatic N) is 2. The summed E-state index contributed by atoms with van der Waals surface area (Å²) in [4.78, 5) is 41.8. The largest absolute Gasteiger partial charge is 0.449 e. The van der Waals surface area contributed by atoms with E-state index >= 15 is 0 Å². The first-order chi connectivity index (χ1) is 14.5. The quantitative estimate of drug-likeness (QED) is 0.805. The third-order valence-corrected chi connectivity index (χ3v) is 7.59. The molecule has 0 aliphatic carbocycles. The minimum Gasteiger partial charge on any atom is -0.449 e. The SMILES string of the molecule is C[C@@]12CCC(=O)N1[C@H](C(=O)Nc1c(C(=O)N3CCOCC3)oc3ccccc13)CS2. The van der Waals surface area contributed by atoms with Crippen LogP contribution in [0.15, 0.2) is 28.7 Å². The normalized spacial score (nSPS) is 26.3. The first-order valence-electron chi connectivity index (χ1n) is 10.1. The van der Waals surface area contributed by atoms with Gasteiger partial charge in [0.15, 0.2) is 0 Å². The van der Waals surface area contributed by atoms with Crippen molar-refractivity contribution in [3.05, 3.63) is 30.0 Å². The van der Waals surface area contributed by atoms with Gasteiger partial charge in [-0.25, -0.2) is 0 Å². The van der Waals surface area contributed by atoms with Crippen LogP contribution in [0.25, 0.3) is 11.0 Å². The van der Waals surface area contributed by atoms with Crippen molar-refractivity contribution in [2.75, 3.05) is 37.4 Å². The summed E-state index contributed by atoms with van der Waals surface area (Å²) in [6.07, 6.45) is 1.21. The van der Waals surface area contributed by atoms with Crippen LogP contribution in [0.3, 0.4) is 0 Å². The van der Waals surface area contributed by atoms with Crippen LogP contribution in [0.1, 0.15) is 30.3 Å². The van der Waals surface area contributed by atoms with Crippen LogP contribution in [0.2, 0.25) is 0 Å². The lowest BCUT2D eigenvalue weighted by atomic mass is 10.1. The van der Waals surface area contributed by atoms with Gasteiger partial charge < -0.3 is 24.3 Å². The molecule has 2 aromatic rings. The van der Waals surface area contributed by atoms with Crippen molar-refractivity contribution < 1.29 is 23.5 Å². The monoisotopic (exact) mass is 429 g/mol. The topological polar surface area (TPSA) is 92.1 Å². The van der Waals surface area contributed by atoms with Gasteiger partial charge in [-0.15, -0.1) is 11.8 Å².